The van der Waals surface area contributed by atoms with Crippen molar-refractivity contribution in [1.82, 2.24) is 14.9 Å². The molecule has 1 amide bonds. The second kappa shape index (κ2) is 9.93. The number of thiophene rings is 1. The lowest BCUT2D eigenvalue weighted by atomic mass is 10.1. The molecule has 0 bridgehead atoms. The van der Waals surface area contributed by atoms with Crippen LogP contribution in [0.4, 0.5) is 5.82 Å². The number of carbonyl (C=O) groups excluding carboxylic acids is 3. The highest BCUT2D eigenvalue weighted by Gasteiger charge is 2.23. The number of piperazine rings is 1. The van der Waals surface area contributed by atoms with E-state index in [1.165, 1.54) is 11.3 Å². The molecule has 30 heavy (non-hydrogen) atoms. The van der Waals surface area contributed by atoms with Gasteiger partial charge in [0.2, 0.25) is 5.91 Å². The highest BCUT2D eigenvalue weighted by Crippen LogP contribution is 2.18. The summed E-state index contributed by atoms with van der Waals surface area (Å²) < 4.78 is 0. The Morgan fingerprint density at radius 3 is 2.27 bits per heavy atom. The first-order chi connectivity index (χ1) is 14.3. The SMILES string of the molecule is Cc1cc(N2CCN(C(=O)CCC(=O)CCC(=O)c3ccc(C)s3)CC2)nc(C)n1. The molecule has 160 valence electrons. The molecule has 0 unspecified atom stereocenters. The van der Waals surface area contributed by atoms with Gasteiger partial charge in [-0.25, -0.2) is 9.97 Å². The zero-order valence-corrected chi connectivity index (χ0v) is 18.6. The summed E-state index contributed by atoms with van der Waals surface area (Å²) in [5.41, 5.74) is 0.933. The number of aromatic nitrogens is 2. The number of anilines is 1. The second-order valence-corrected chi connectivity index (χ2v) is 8.94. The van der Waals surface area contributed by atoms with E-state index < -0.39 is 0 Å². The standard InChI is InChI=1S/C22H28N4O3S/c1-15-14-21(24-17(3)23-15)25-10-12-26(13-11-25)22(29)9-6-18(27)5-7-19(28)20-8-4-16(2)30-20/h4,8,14H,5-7,9-13H2,1-3H3. The fourth-order valence-corrected chi connectivity index (χ4v) is 4.37. The van der Waals surface area contributed by atoms with Crippen LogP contribution in [0.1, 0.15) is 51.8 Å². The van der Waals surface area contributed by atoms with Crippen LogP contribution in [0.3, 0.4) is 0 Å². The Labute approximate surface area is 181 Å². The van der Waals surface area contributed by atoms with E-state index in [1.807, 2.05) is 37.8 Å². The van der Waals surface area contributed by atoms with E-state index in [2.05, 4.69) is 14.9 Å². The Hall–Kier alpha value is -2.61. The number of ketones is 2. The van der Waals surface area contributed by atoms with E-state index in [4.69, 9.17) is 0 Å². The molecule has 1 saturated heterocycles. The van der Waals surface area contributed by atoms with Crippen LogP contribution >= 0.6 is 11.3 Å². The maximum absolute atomic E-state index is 12.5. The quantitative estimate of drug-likeness (QED) is 0.601. The van der Waals surface area contributed by atoms with Crippen LogP contribution in [-0.2, 0) is 9.59 Å². The summed E-state index contributed by atoms with van der Waals surface area (Å²) >= 11 is 1.45. The van der Waals surface area contributed by atoms with Gasteiger partial charge in [-0.1, -0.05) is 0 Å². The predicted molar refractivity (Wildman–Crippen MR) is 117 cm³/mol. The molecule has 0 atom stereocenters. The summed E-state index contributed by atoms with van der Waals surface area (Å²) in [7, 11) is 0. The Morgan fingerprint density at radius 2 is 1.63 bits per heavy atom. The number of hydrogen-bond acceptors (Lipinski definition) is 7. The van der Waals surface area contributed by atoms with Gasteiger partial charge in [-0.3, -0.25) is 14.4 Å². The van der Waals surface area contributed by atoms with Gasteiger partial charge in [-0.2, -0.15) is 0 Å². The van der Waals surface area contributed by atoms with Crippen LogP contribution in [0.5, 0.6) is 0 Å². The van der Waals surface area contributed by atoms with Crippen LogP contribution < -0.4 is 4.90 Å². The van der Waals surface area contributed by atoms with Gasteiger partial charge >= 0.3 is 0 Å². The number of rotatable bonds is 8. The molecule has 1 fully saturated rings. The lowest BCUT2D eigenvalue weighted by Gasteiger charge is -2.35. The highest BCUT2D eigenvalue weighted by molar-refractivity contribution is 7.14. The summed E-state index contributed by atoms with van der Waals surface area (Å²) in [6, 6.07) is 5.67. The van der Waals surface area contributed by atoms with Crippen molar-refractivity contribution in [3.05, 3.63) is 39.5 Å². The van der Waals surface area contributed by atoms with Gasteiger partial charge in [-0.15, -0.1) is 11.3 Å². The maximum Gasteiger partial charge on any atom is 0.223 e. The first-order valence-electron chi connectivity index (χ1n) is 10.3. The molecule has 0 aromatic carbocycles. The van der Waals surface area contributed by atoms with Crippen molar-refractivity contribution in [3.8, 4) is 0 Å². The van der Waals surface area contributed by atoms with Gasteiger partial charge in [0.15, 0.2) is 5.78 Å². The van der Waals surface area contributed by atoms with Crippen molar-refractivity contribution in [2.75, 3.05) is 31.1 Å². The number of carbonyl (C=O) groups is 3. The van der Waals surface area contributed by atoms with E-state index in [1.54, 1.807) is 6.07 Å². The number of nitrogens with zero attached hydrogens (tertiary/aromatic N) is 4. The molecule has 7 nitrogen and oxygen atoms in total. The fraction of sp³-hybridized carbons (Fsp3) is 0.500. The van der Waals surface area contributed by atoms with E-state index in [0.29, 0.717) is 31.1 Å². The van der Waals surface area contributed by atoms with Gasteiger partial charge in [0, 0.05) is 68.5 Å². The van der Waals surface area contributed by atoms with Gasteiger partial charge < -0.3 is 9.80 Å². The van der Waals surface area contributed by atoms with Gasteiger partial charge in [0.25, 0.3) is 0 Å². The third kappa shape index (κ3) is 5.95. The molecule has 0 spiro atoms. The topological polar surface area (TPSA) is 83.5 Å². The first-order valence-corrected chi connectivity index (χ1v) is 11.1. The van der Waals surface area contributed by atoms with Crippen LogP contribution in [0.25, 0.3) is 0 Å². The van der Waals surface area contributed by atoms with Crippen LogP contribution in [0.2, 0.25) is 0 Å². The molecule has 1 aliphatic rings. The summed E-state index contributed by atoms with van der Waals surface area (Å²) in [5.74, 6) is 1.61. The third-order valence-electron chi connectivity index (χ3n) is 5.17. The number of hydrogen-bond donors (Lipinski definition) is 0. The largest absolute Gasteiger partial charge is 0.353 e. The molecular formula is C22H28N4O3S. The van der Waals surface area contributed by atoms with Crippen molar-refractivity contribution < 1.29 is 14.4 Å². The Balaban J connectivity index is 1.39. The molecule has 3 rings (SSSR count). The lowest BCUT2D eigenvalue weighted by molar-refractivity contribution is -0.133. The normalized spacial score (nSPS) is 14.1. The van der Waals surface area contributed by atoms with E-state index >= 15 is 0 Å². The van der Waals surface area contributed by atoms with Crippen LogP contribution in [0, 0.1) is 20.8 Å². The summed E-state index contributed by atoms with van der Waals surface area (Å²) in [5, 5.41) is 0. The number of aryl methyl sites for hydroxylation is 3. The Bertz CT molecular complexity index is 912. The van der Waals surface area contributed by atoms with Crippen molar-refractivity contribution >= 4 is 34.6 Å². The minimum atomic E-state index is -0.0319. The average molecular weight is 429 g/mol. The van der Waals surface area contributed by atoms with Gasteiger partial charge in [0.1, 0.15) is 17.4 Å². The first kappa shape index (κ1) is 22.1. The molecule has 0 saturated carbocycles. The number of Topliss-reactive ketones (excluding diaryl/α,β-unsaturated/α-hetero) is 2. The van der Waals surface area contributed by atoms with Crippen LogP contribution in [-0.4, -0.2) is 58.5 Å². The van der Waals surface area contributed by atoms with Crippen molar-refractivity contribution in [1.29, 1.82) is 0 Å². The monoisotopic (exact) mass is 428 g/mol. The second-order valence-electron chi connectivity index (χ2n) is 7.65. The van der Waals surface area contributed by atoms with E-state index in [0.717, 1.165) is 22.2 Å². The zero-order valence-electron chi connectivity index (χ0n) is 17.8. The Morgan fingerprint density at radius 1 is 0.933 bits per heavy atom. The molecular weight excluding hydrogens is 400 g/mol. The molecule has 0 radical (unpaired) electrons. The summed E-state index contributed by atoms with van der Waals surface area (Å²) in [6.07, 6.45) is 0.809. The van der Waals surface area contributed by atoms with Crippen molar-refractivity contribution in [2.24, 2.45) is 0 Å². The lowest BCUT2D eigenvalue weighted by Crippen LogP contribution is -2.49. The molecule has 2 aromatic heterocycles. The molecule has 0 N–H and O–H groups in total. The number of amides is 1. The van der Waals surface area contributed by atoms with E-state index in [-0.39, 0.29) is 43.2 Å². The molecule has 0 aliphatic carbocycles. The van der Waals surface area contributed by atoms with Gasteiger partial charge in [0.05, 0.1) is 4.88 Å². The van der Waals surface area contributed by atoms with Gasteiger partial charge in [-0.05, 0) is 32.9 Å². The Kier molecular flexibility index (Phi) is 7.31. The average Bonchev–Trinajstić information content (AvgIpc) is 3.16. The minimum absolute atomic E-state index is 0.000839. The summed E-state index contributed by atoms with van der Waals surface area (Å²) in [6.45, 7) is 8.44. The van der Waals surface area contributed by atoms with Crippen molar-refractivity contribution in [2.45, 2.75) is 46.5 Å². The van der Waals surface area contributed by atoms with Crippen molar-refractivity contribution in [3.63, 3.8) is 0 Å². The smallest absolute Gasteiger partial charge is 0.223 e. The predicted octanol–water partition coefficient (Wildman–Crippen LogP) is 3.12. The minimum Gasteiger partial charge on any atom is -0.353 e. The zero-order chi connectivity index (χ0) is 21.7. The fourth-order valence-electron chi connectivity index (χ4n) is 3.53. The van der Waals surface area contributed by atoms with E-state index in [9.17, 15) is 14.4 Å². The molecule has 1 aliphatic heterocycles. The third-order valence-corrected chi connectivity index (χ3v) is 6.21. The molecule has 2 aromatic rings. The molecule has 3 heterocycles. The highest BCUT2D eigenvalue weighted by atomic mass is 32.1. The summed E-state index contributed by atoms with van der Waals surface area (Å²) in [4.78, 5) is 51.3. The molecule has 8 heteroatoms. The maximum atomic E-state index is 12.5. The van der Waals surface area contributed by atoms with Crippen LogP contribution in [0.15, 0.2) is 18.2 Å².